The van der Waals surface area contributed by atoms with Crippen molar-refractivity contribution in [2.24, 2.45) is 0 Å². The highest BCUT2D eigenvalue weighted by Crippen LogP contribution is 2.32. The van der Waals surface area contributed by atoms with Crippen molar-refractivity contribution in [1.29, 1.82) is 0 Å². The lowest BCUT2D eigenvalue weighted by atomic mass is 10.1. The largest absolute Gasteiger partial charge is 0.478 e. The third-order valence-corrected chi connectivity index (χ3v) is 3.68. The second-order valence-corrected chi connectivity index (χ2v) is 5.06. The first-order chi connectivity index (χ1) is 8.90. The van der Waals surface area contributed by atoms with Gasteiger partial charge in [0.25, 0.3) is 5.69 Å². The van der Waals surface area contributed by atoms with Gasteiger partial charge in [-0.1, -0.05) is 6.07 Å². The van der Waals surface area contributed by atoms with Gasteiger partial charge in [-0.2, -0.15) is 11.8 Å². The summed E-state index contributed by atoms with van der Waals surface area (Å²) in [6, 6.07) is 4.09. The topological polar surface area (TPSA) is 83.7 Å². The van der Waals surface area contributed by atoms with Gasteiger partial charge in [-0.25, -0.2) is 4.79 Å². The van der Waals surface area contributed by atoms with Crippen molar-refractivity contribution >= 4 is 29.1 Å². The minimum absolute atomic E-state index is 0.00537. The van der Waals surface area contributed by atoms with Crippen LogP contribution in [0.5, 0.6) is 0 Å². The van der Waals surface area contributed by atoms with Gasteiger partial charge >= 0.3 is 5.97 Å². The maximum Gasteiger partial charge on any atom is 0.338 e. The van der Waals surface area contributed by atoms with Crippen molar-refractivity contribution < 1.29 is 14.8 Å². The third kappa shape index (κ3) is 3.37. The molecule has 0 heterocycles. The Morgan fingerprint density at radius 2 is 2.21 bits per heavy atom. The number of benzene rings is 1. The average Bonchev–Trinajstić information content (AvgIpc) is 2.36. The van der Waals surface area contributed by atoms with Crippen molar-refractivity contribution in [1.82, 2.24) is 0 Å². The zero-order valence-electron chi connectivity index (χ0n) is 11.0. The molecule has 0 aliphatic heterocycles. The highest BCUT2D eigenvalue weighted by atomic mass is 32.2. The number of carbonyl (C=O) groups is 1. The second kappa shape index (κ2) is 6.42. The molecule has 0 bridgehead atoms. The van der Waals surface area contributed by atoms with E-state index in [1.807, 2.05) is 13.2 Å². The molecule has 0 saturated carbocycles. The normalized spacial score (nSPS) is 11.9. The number of carboxylic acid groups (broad SMARTS) is 1. The van der Waals surface area contributed by atoms with Gasteiger partial charge in [-0.05, 0) is 19.2 Å². The van der Waals surface area contributed by atoms with Gasteiger partial charge in [0, 0.05) is 24.9 Å². The lowest BCUT2D eigenvalue weighted by molar-refractivity contribution is -0.384. The minimum Gasteiger partial charge on any atom is -0.478 e. The highest BCUT2D eigenvalue weighted by Gasteiger charge is 2.26. The van der Waals surface area contributed by atoms with Gasteiger partial charge in [0.2, 0.25) is 0 Å². The van der Waals surface area contributed by atoms with Crippen LogP contribution in [-0.2, 0) is 0 Å². The van der Waals surface area contributed by atoms with Crippen molar-refractivity contribution in [2.75, 3.05) is 24.0 Å². The van der Waals surface area contributed by atoms with Crippen LogP contribution in [0.4, 0.5) is 11.4 Å². The number of para-hydroxylation sites is 1. The Morgan fingerprint density at radius 3 is 2.68 bits per heavy atom. The van der Waals surface area contributed by atoms with Gasteiger partial charge < -0.3 is 10.0 Å². The molecule has 19 heavy (non-hydrogen) atoms. The lowest BCUT2D eigenvalue weighted by Crippen LogP contribution is -2.32. The quantitative estimate of drug-likeness (QED) is 0.638. The number of nitrogens with zero attached hydrogens (tertiary/aromatic N) is 2. The van der Waals surface area contributed by atoms with Crippen LogP contribution >= 0.6 is 11.8 Å². The van der Waals surface area contributed by atoms with Gasteiger partial charge in [0.05, 0.1) is 10.5 Å². The lowest BCUT2D eigenvalue weighted by Gasteiger charge is -2.27. The van der Waals surface area contributed by atoms with Crippen LogP contribution in [0.2, 0.25) is 0 Å². The van der Waals surface area contributed by atoms with Crippen molar-refractivity contribution in [2.45, 2.75) is 13.0 Å². The highest BCUT2D eigenvalue weighted by molar-refractivity contribution is 7.98. The summed E-state index contributed by atoms with van der Waals surface area (Å²) in [6.07, 6.45) is 1.93. The third-order valence-electron chi connectivity index (χ3n) is 2.86. The Labute approximate surface area is 115 Å². The fourth-order valence-corrected chi connectivity index (χ4v) is 2.50. The molecule has 0 aliphatic rings. The number of hydrogen-bond acceptors (Lipinski definition) is 5. The molecule has 0 aromatic heterocycles. The predicted molar refractivity (Wildman–Crippen MR) is 76.3 cm³/mol. The Hall–Kier alpha value is -1.76. The molecule has 0 spiro atoms. The summed E-state index contributed by atoms with van der Waals surface area (Å²) in [6.45, 7) is 1.90. The standard InChI is InChI=1S/C12H16N2O4S/c1-8(7-19-3)13(2)11-9(12(15)16)5-4-6-10(11)14(17)18/h4-6,8H,7H2,1-3H3,(H,15,16). The molecule has 1 rings (SSSR count). The number of hydrogen-bond donors (Lipinski definition) is 1. The summed E-state index contributed by atoms with van der Waals surface area (Å²) in [5, 5.41) is 20.2. The van der Waals surface area contributed by atoms with Gasteiger partial charge in [-0.3, -0.25) is 10.1 Å². The molecular formula is C12H16N2O4S. The number of nitro benzene ring substituents is 1. The maximum atomic E-state index is 11.2. The molecule has 6 nitrogen and oxygen atoms in total. The average molecular weight is 284 g/mol. The SMILES string of the molecule is CSCC(C)N(C)c1c(C(=O)O)cccc1[N+](=O)[O-]. The van der Waals surface area contributed by atoms with E-state index in [0.29, 0.717) is 0 Å². The van der Waals surface area contributed by atoms with E-state index in [0.717, 1.165) is 5.75 Å². The molecule has 7 heteroatoms. The zero-order valence-corrected chi connectivity index (χ0v) is 11.8. The van der Waals surface area contributed by atoms with Gasteiger partial charge in [0.1, 0.15) is 5.69 Å². The van der Waals surface area contributed by atoms with E-state index in [1.165, 1.54) is 18.2 Å². The fraction of sp³-hybridized carbons (Fsp3) is 0.417. The summed E-state index contributed by atoms with van der Waals surface area (Å²) in [4.78, 5) is 23.4. The van der Waals surface area contributed by atoms with Gasteiger partial charge in [-0.15, -0.1) is 0 Å². The molecular weight excluding hydrogens is 268 g/mol. The van der Waals surface area contributed by atoms with E-state index < -0.39 is 10.9 Å². The van der Waals surface area contributed by atoms with E-state index in [2.05, 4.69) is 0 Å². The van der Waals surface area contributed by atoms with E-state index >= 15 is 0 Å². The Kier molecular flexibility index (Phi) is 5.17. The van der Waals surface area contributed by atoms with Crippen LogP contribution in [0, 0.1) is 10.1 Å². The molecule has 0 amide bonds. The second-order valence-electron chi connectivity index (χ2n) is 4.15. The molecule has 0 radical (unpaired) electrons. The predicted octanol–water partition coefficient (Wildman–Crippen LogP) is 2.48. The van der Waals surface area contributed by atoms with Crippen LogP contribution in [0.15, 0.2) is 18.2 Å². The Balaban J connectivity index is 3.36. The Morgan fingerprint density at radius 1 is 1.58 bits per heavy atom. The molecule has 0 saturated heterocycles. The monoisotopic (exact) mass is 284 g/mol. The molecule has 1 atom stereocenters. The van der Waals surface area contributed by atoms with Crippen LogP contribution in [-0.4, -0.2) is 41.1 Å². The summed E-state index contributed by atoms with van der Waals surface area (Å²) in [5.74, 6) is -0.413. The first kappa shape index (κ1) is 15.3. The van der Waals surface area contributed by atoms with Gasteiger partial charge in [0.15, 0.2) is 0 Å². The number of thioether (sulfide) groups is 1. The number of anilines is 1. The number of carboxylic acids is 1. The van der Waals surface area contributed by atoms with E-state index in [-0.39, 0.29) is 23.0 Å². The first-order valence-electron chi connectivity index (χ1n) is 5.62. The molecule has 1 aromatic carbocycles. The number of rotatable bonds is 6. The van der Waals surface area contributed by atoms with E-state index in [1.54, 1.807) is 23.7 Å². The molecule has 0 aliphatic carbocycles. The van der Waals surface area contributed by atoms with E-state index in [4.69, 9.17) is 0 Å². The van der Waals surface area contributed by atoms with Crippen LogP contribution in [0.3, 0.4) is 0 Å². The number of aromatic carboxylic acids is 1. The van der Waals surface area contributed by atoms with Crippen molar-refractivity contribution in [3.05, 3.63) is 33.9 Å². The maximum absolute atomic E-state index is 11.2. The molecule has 1 aromatic rings. The van der Waals surface area contributed by atoms with Crippen LogP contribution in [0.1, 0.15) is 17.3 Å². The molecule has 1 N–H and O–H groups in total. The zero-order chi connectivity index (χ0) is 14.6. The first-order valence-corrected chi connectivity index (χ1v) is 7.02. The smallest absolute Gasteiger partial charge is 0.338 e. The van der Waals surface area contributed by atoms with Crippen LogP contribution < -0.4 is 4.90 Å². The van der Waals surface area contributed by atoms with E-state index in [9.17, 15) is 20.0 Å². The summed E-state index contributed by atoms with van der Waals surface area (Å²) in [5.41, 5.74) is -0.0819. The van der Waals surface area contributed by atoms with Crippen molar-refractivity contribution in [3.8, 4) is 0 Å². The number of nitro groups is 1. The molecule has 104 valence electrons. The summed E-state index contributed by atoms with van der Waals surface area (Å²) >= 11 is 1.60. The van der Waals surface area contributed by atoms with Crippen LogP contribution in [0.25, 0.3) is 0 Å². The molecule has 1 unspecified atom stereocenters. The molecule has 0 fully saturated rings. The Bertz CT molecular complexity index is 460. The fourth-order valence-electron chi connectivity index (χ4n) is 1.80. The minimum atomic E-state index is -1.16. The summed E-state index contributed by atoms with van der Waals surface area (Å²) in [7, 11) is 1.68. The summed E-state index contributed by atoms with van der Waals surface area (Å²) < 4.78 is 0. The van der Waals surface area contributed by atoms with Crippen molar-refractivity contribution in [3.63, 3.8) is 0 Å².